The third kappa shape index (κ3) is 3.48. The maximum atomic E-state index is 13.2. The second-order valence-electron chi connectivity index (χ2n) is 7.93. The van der Waals surface area contributed by atoms with Gasteiger partial charge in [0.25, 0.3) is 0 Å². The van der Waals surface area contributed by atoms with Crippen LogP contribution >= 0.6 is 0 Å². The van der Waals surface area contributed by atoms with Crippen molar-refractivity contribution in [2.45, 2.75) is 38.6 Å². The van der Waals surface area contributed by atoms with Crippen molar-refractivity contribution in [3.8, 4) is 11.5 Å². The van der Waals surface area contributed by atoms with Crippen LogP contribution in [-0.4, -0.2) is 33.3 Å². The van der Waals surface area contributed by atoms with Crippen molar-refractivity contribution < 1.29 is 4.39 Å². The molecule has 4 rings (SSSR count). The normalized spacial score (nSPS) is 19.3. The lowest BCUT2D eigenvalue weighted by Gasteiger charge is -2.38. The molecule has 0 unspecified atom stereocenters. The largest absolute Gasteiger partial charge is 0.359 e. The monoisotopic (exact) mass is 367 g/mol. The fraction of sp³-hybridized carbons (Fsp3) is 0.429. The predicted octanol–water partition coefficient (Wildman–Crippen LogP) is 4.62. The molecule has 1 aliphatic carbocycles. The molecule has 0 spiro atoms. The van der Waals surface area contributed by atoms with Crippen LogP contribution in [0.25, 0.3) is 11.5 Å². The molecule has 1 saturated carbocycles. The number of rotatable bonds is 6. The van der Waals surface area contributed by atoms with Gasteiger partial charge in [0.1, 0.15) is 5.82 Å². The molecule has 0 bridgehead atoms. The minimum atomic E-state index is -0.180. The van der Waals surface area contributed by atoms with Gasteiger partial charge in [-0.25, -0.2) is 4.39 Å². The summed E-state index contributed by atoms with van der Waals surface area (Å²) in [6.07, 6.45) is 3.94. The molecule has 3 aromatic rings. The minimum absolute atomic E-state index is 0.180. The third-order valence-corrected chi connectivity index (χ3v) is 5.32. The van der Waals surface area contributed by atoms with E-state index in [4.69, 9.17) is 0 Å². The summed E-state index contributed by atoms with van der Waals surface area (Å²) in [6, 6.07) is 11.3. The average molecular weight is 367 g/mol. The SMILES string of the molecule is CC(C)CN(C)c1nnc(-c2ccc[nH]2)n1C1CC(c2ccc(F)cc2)C1. The number of hydrogen-bond acceptors (Lipinski definition) is 3. The molecule has 1 aromatic carbocycles. The second kappa shape index (κ2) is 7.18. The summed E-state index contributed by atoms with van der Waals surface area (Å²) in [5.41, 5.74) is 2.19. The molecule has 5 nitrogen and oxygen atoms in total. The van der Waals surface area contributed by atoms with E-state index in [0.29, 0.717) is 17.9 Å². The van der Waals surface area contributed by atoms with E-state index < -0.39 is 0 Å². The summed E-state index contributed by atoms with van der Waals surface area (Å²) in [5, 5.41) is 9.00. The molecule has 1 aliphatic rings. The molecule has 6 heteroatoms. The Morgan fingerprint density at radius 3 is 2.56 bits per heavy atom. The standard InChI is InChI=1S/C21H26FN5/c1-14(2)13-26(3)21-25-24-20(19-5-4-10-23-19)27(21)18-11-16(12-18)15-6-8-17(22)9-7-15/h4-10,14,16,18,23H,11-13H2,1-3H3. The van der Waals surface area contributed by atoms with Gasteiger partial charge >= 0.3 is 0 Å². The van der Waals surface area contributed by atoms with Gasteiger partial charge in [-0.1, -0.05) is 26.0 Å². The van der Waals surface area contributed by atoms with E-state index in [1.807, 2.05) is 30.5 Å². The Bertz CT molecular complexity index is 876. The summed E-state index contributed by atoms with van der Waals surface area (Å²) >= 11 is 0. The topological polar surface area (TPSA) is 49.7 Å². The van der Waals surface area contributed by atoms with E-state index >= 15 is 0 Å². The number of aromatic amines is 1. The Morgan fingerprint density at radius 2 is 1.93 bits per heavy atom. The molecule has 142 valence electrons. The molecule has 2 aromatic heterocycles. The van der Waals surface area contributed by atoms with Gasteiger partial charge in [-0.15, -0.1) is 10.2 Å². The van der Waals surface area contributed by atoms with Crippen molar-refractivity contribution in [2.24, 2.45) is 5.92 Å². The number of hydrogen-bond donors (Lipinski definition) is 1. The number of nitrogens with one attached hydrogen (secondary N) is 1. The van der Waals surface area contributed by atoms with Crippen molar-refractivity contribution >= 4 is 5.95 Å². The van der Waals surface area contributed by atoms with Crippen LogP contribution < -0.4 is 4.90 Å². The maximum absolute atomic E-state index is 13.2. The summed E-state index contributed by atoms with van der Waals surface area (Å²) in [4.78, 5) is 5.45. The third-order valence-electron chi connectivity index (χ3n) is 5.32. The molecular weight excluding hydrogens is 341 g/mol. The number of nitrogens with zero attached hydrogens (tertiary/aromatic N) is 4. The highest BCUT2D eigenvalue weighted by atomic mass is 19.1. The van der Waals surface area contributed by atoms with E-state index in [1.54, 1.807) is 12.1 Å². The molecule has 1 N–H and O–H groups in total. The molecule has 2 heterocycles. The first-order chi connectivity index (χ1) is 13.0. The first kappa shape index (κ1) is 17.8. The van der Waals surface area contributed by atoms with Gasteiger partial charge in [-0.2, -0.15) is 0 Å². The fourth-order valence-corrected chi connectivity index (χ4v) is 3.97. The molecule has 0 radical (unpaired) electrons. The lowest BCUT2D eigenvalue weighted by atomic mass is 9.75. The van der Waals surface area contributed by atoms with Crippen molar-refractivity contribution in [3.63, 3.8) is 0 Å². The van der Waals surface area contributed by atoms with E-state index in [2.05, 4.69) is 45.5 Å². The fourth-order valence-electron chi connectivity index (χ4n) is 3.97. The highest BCUT2D eigenvalue weighted by Crippen LogP contribution is 2.47. The number of halogens is 1. The quantitative estimate of drug-likeness (QED) is 0.691. The number of benzene rings is 1. The van der Waals surface area contributed by atoms with Gasteiger partial charge in [0.15, 0.2) is 5.82 Å². The first-order valence-electron chi connectivity index (χ1n) is 9.58. The Labute approximate surface area is 159 Å². The molecule has 0 saturated heterocycles. The number of H-pyrrole nitrogens is 1. The molecular formula is C21H26FN5. The van der Waals surface area contributed by atoms with Gasteiger partial charge in [-0.05, 0) is 54.5 Å². The smallest absolute Gasteiger partial charge is 0.227 e. The van der Waals surface area contributed by atoms with Gasteiger partial charge in [0.05, 0.1) is 5.69 Å². The number of aromatic nitrogens is 4. The molecule has 0 amide bonds. The minimum Gasteiger partial charge on any atom is -0.359 e. The van der Waals surface area contributed by atoms with Crippen LogP contribution in [0.1, 0.15) is 44.2 Å². The molecule has 0 atom stereocenters. The molecule has 0 aliphatic heterocycles. The Hall–Kier alpha value is -2.63. The summed E-state index contributed by atoms with van der Waals surface area (Å²) in [6.45, 7) is 5.34. The second-order valence-corrected chi connectivity index (χ2v) is 7.93. The lowest BCUT2D eigenvalue weighted by molar-refractivity contribution is 0.267. The zero-order valence-electron chi connectivity index (χ0n) is 16.1. The van der Waals surface area contributed by atoms with Gasteiger partial charge in [0, 0.05) is 25.8 Å². The summed E-state index contributed by atoms with van der Waals surface area (Å²) in [7, 11) is 2.08. The lowest BCUT2D eigenvalue weighted by Crippen LogP contribution is -2.31. The first-order valence-corrected chi connectivity index (χ1v) is 9.58. The Morgan fingerprint density at radius 1 is 1.19 bits per heavy atom. The molecule has 1 fully saturated rings. The zero-order valence-corrected chi connectivity index (χ0v) is 16.1. The number of anilines is 1. The van der Waals surface area contributed by atoms with Gasteiger partial charge < -0.3 is 9.88 Å². The van der Waals surface area contributed by atoms with Crippen LogP contribution in [0, 0.1) is 11.7 Å². The molecule has 27 heavy (non-hydrogen) atoms. The van der Waals surface area contributed by atoms with Crippen LogP contribution in [0.5, 0.6) is 0 Å². The summed E-state index contributed by atoms with van der Waals surface area (Å²) in [5.74, 6) is 2.62. The Kier molecular flexibility index (Phi) is 4.72. The zero-order chi connectivity index (χ0) is 19.0. The van der Waals surface area contributed by atoms with Crippen LogP contribution in [0.15, 0.2) is 42.6 Å². The highest BCUT2D eigenvalue weighted by Gasteiger charge is 2.35. The van der Waals surface area contributed by atoms with E-state index in [1.165, 1.54) is 5.56 Å². The van der Waals surface area contributed by atoms with Crippen molar-refractivity contribution in [3.05, 3.63) is 54.0 Å². The Balaban J connectivity index is 1.61. The van der Waals surface area contributed by atoms with Crippen molar-refractivity contribution in [1.82, 2.24) is 19.7 Å². The van der Waals surface area contributed by atoms with Gasteiger partial charge in [-0.3, -0.25) is 4.57 Å². The predicted molar refractivity (Wildman–Crippen MR) is 105 cm³/mol. The van der Waals surface area contributed by atoms with E-state index in [9.17, 15) is 4.39 Å². The van der Waals surface area contributed by atoms with Crippen molar-refractivity contribution in [1.29, 1.82) is 0 Å². The van der Waals surface area contributed by atoms with E-state index in [0.717, 1.165) is 36.9 Å². The van der Waals surface area contributed by atoms with Crippen LogP contribution in [-0.2, 0) is 0 Å². The highest BCUT2D eigenvalue weighted by molar-refractivity contribution is 5.54. The van der Waals surface area contributed by atoms with Gasteiger partial charge in [0.2, 0.25) is 5.95 Å². The summed E-state index contributed by atoms with van der Waals surface area (Å²) < 4.78 is 15.5. The van der Waals surface area contributed by atoms with Crippen LogP contribution in [0.4, 0.5) is 10.3 Å². The van der Waals surface area contributed by atoms with Crippen molar-refractivity contribution in [2.75, 3.05) is 18.5 Å². The van der Waals surface area contributed by atoms with Crippen LogP contribution in [0.3, 0.4) is 0 Å². The van der Waals surface area contributed by atoms with E-state index in [-0.39, 0.29) is 5.82 Å². The average Bonchev–Trinajstić information content (AvgIpc) is 3.24. The van der Waals surface area contributed by atoms with Crippen LogP contribution in [0.2, 0.25) is 0 Å². The maximum Gasteiger partial charge on any atom is 0.227 e.